The summed E-state index contributed by atoms with van der Waals surface area (Å²) in [5.74, 6) is -0.255. The molecule has 30 heavy (non-hydrogen) atoms. The van der Waals surface area contributed by atoms with Crippen LogP contribution in [-0.4, -0.2) is 44.8 Å². The van der Waals surface area contributed by atoms with Crippen molar-refractivity contribution >= 4 is 21.6 Å². The standard InChI is InChI=1S/C23H29N3O3S/c1-18-6-11-21(30(28,29)26-14-4-5-15-26)16-22(18)23(27)24-17-19-7-9-20(10-8-19)25-12-2-3-13-25/h6-11,16H,2-5,12-15,17H2,1H3,(H,24,27). The van der Waals surface area contributed by atoms with Crippen LogP contribution in [0.2, 0.25) is 0 Å². The lowest BCUT2D eigenvalue weighted by molar-refractivity contribution is 0.0950. The highest BCUT2D eigenvalue weighted by Crippen LogP contribution is 2.23. The average molecular weight is 428 g/mol. The van der Waals surface area contributed by atoms with Crippen molar-refractivity contribution in [2.24, 2.45) is 0 Å². The monoisotopic (exact) mass is 427 g/mol. The molecular formula is C23H29N3O3S. The number of sulfonamides is 1. The van der Waals surface area contributed by atoms with Crippen LogP contribution in [0.3, 0.4) is 0 Å². The fourth-order valence-electron chi connectivity index (χ4n) is 4.16. The van der Waals surface area contributed by atoms with Crippen molar-refractivity contribution in [3.05, 3.63) is 59.2 Å². The van der Waals surface area contributed by atoms with Gasteiger partial charge in [0.05, 0.1) is 4.90 Å². The zero-order valence-corrected chi connectivity index (χ0v) is 18.2. The summed E-state index contributed by atoms with van der Waals surface area (Å²) in [6.07, 6.45) is 4.25. The number of hydrogen-bond acceptors (Lipinski definition) is 4. The van der Waals surface area contributed by atoms with Gasteiger partial charge in [-0.25, -0.2) is 8.42 Å². The molecule has 2 aliphatic heterocycles. The van der Waals surface area contributed by atoms with Crippen LogP contribution in [0.5, 0.6) is 0 Å². The summed E-state index contributed by atoms with van der Waals surface area (Å²) in [7, 11) is -3.54. The third-order valence-corrected chi connectivity index (χ3v) is 7.91. The van der Waals surface area contributed by atoms with Gasteiger partial charge in [-0.15, -0.1) is 0 Å². The number of anilines is 1. The SMILES string of the molecule is Cc1ccc(S(=O)(=O)N2CCCC2)cc1C(=O)NCc1ccc(N2CCCC2)cc1. The zero-order chi connectivity index (χ0) is 21.1. The molecule has 2 saturated heterocycles. The first kappa shape index (κ1) is 20.9. The predicted molar refractivity (Wildman–Crippen MR) is 118 cm³/mol. The first-order valence-electron chi connectivity index (χ1n) is 10.7. The van der Waals surface area contributed by atoms with Gasteiger partial charge in [-0.1, -0.05) is 18.2 Å². The Balaban J connectivity index is 1.44. The fraction of sp³-hybridized carbons (Fsp3) is 0.435. The number of hydrogen-bond donors (Lipinski definition) is 1. The van der Waals surface area contributed by atoms with Gasteiger partial charge < -0.3 is 10.2 Å². The molecule has 2 aromatic rings. The minimum atomic E-state index is -3.54. The topological polar surface area (TPSA) is 69.7 Å². The Bertz CT molecular complexity index is 1010. The molecule has 0 radical (unpaired) electrons. The van der Waals surface area contributed by atoms with Gasteiger partial charge >= 0.3 is 0 Å². The summed E-state index contributed by atoms with van der Waals surface area (Å²) in [6, 6.07) is 13.1. The molecule has 0 aromatic heterocycles. The number of rotatable bonds is 6. The number of aryl methyl sites for hydroxylation is 1. The molecule has 0 aliphatic carbocycles. The van der Waals surface area contributed by atoms with Crippen molar-refractivity contribution < 1.29 is 13.2 Å². The van der Waals surface area contributed by atoms with Gasteiger partial charge in [0.25, 0.3) is 5.91 Å². The quantitative estimate of drug-likeness (QED) is 0.768. The highest BCUT2D eigenvalue weighted by molar-refractivity contribution is 7.89. The minimum Gasteiger partial charge on any atom is -0.372 e. The van der Waals surface area contributed by atoms with E-state index in [1.807, 2.05) is 19.1 Å². The highest BCUT2D eigenvalue weighted by atomic mass is 32.2. The number of carbonyl (C=O) groups excluding carboxylic acids is 1. The molecule has 2 aromatic carbocycles. The molecule has 0 saturated carbocycles. The van der Waals surface area contributed by atoms with E-state index in [4.69, 9.17) is 0 Å². The van der Waals surface area contributed by atoms with Crippen LogP contribution in [0.15, 0.2) is 47.4 Å². The van der Waals surface area contributed by atoms with Crippen LogP contribution in [0.25, 0.3) is 0 Å². The molecule has 160 valence electrons. The van der Waals surface area contributed by atoms with E-state index in [1.54, 1.807) is 12.1 Å². The largest absolute Gasteiger partial charge is 0.372 e. The van der Waals surface area contributed by atoms with E-state index >= 15 is 0 Å². The van der Waals surface area contributed by atoms with Crippen molar-refractivity contribution in [3.63, 3.8) is 0 Å². The molecule has 0 spiro atoms. The molecular weight excluding hydrogens is 398 g/mol. The Kier molecular flexibility index (Phi) is 6.11. The lowest BCUT2D eigenvalue weighted by atomic mass is 10.1. The molecule has 0 atom stereocenters. The highest BCUT2D eigenvalue weighted by Gasteiger charge is 2.28. The maximum Gasteiger partial charge on any atom is 0.251 e. The molecule has 4 rings (SSSR count). The second kappa shape index (κ2) is 8.78. The second-order valence-corrected chi connectivity index (χ2v) is 10.1. The Labute approximate surface area is 178 Å². The first-order valence-corrected chi connectivity index (χ1v) is 12.1. The summed E-state index contributed by atoms with van der Waals surface area (Å²) < 4.78 is 27.2. The molecule has 0 bridgehead atoms. The second-order valence-electron chi connectivity index (χ2n) is 8.13. The summed E-state index contributed by atoms with van der Waals surface area (Å²) >= 11 is 0. The molecule has 0 unspecified atom stereocenters. The van der Waals surface area contributed by atoms with E-state index in [1.165, 1.54) is 28.9 Å². The van der Waals surface area contributed by atoms with E-state index in [9.17, 15) is 13.2 Å². The number of nitrogens with one attached hydrogen (secondary N) is 1. The summed E-state index contributed by atoms with van der Waals surface area (Å²) in [6.45, 7) is 5.53. The van der Waals surface area contributed by atoms with Crippen LogP contribution in [0, 0.1) is 6.92 Å². The summed E-state index contributed by atoms with van der Waals surface area (Å²) in [4.78, 5) is 15.4. The molecule has 6 nitrogen and oxygen atoms in total. The summed E-state index contributed by atoms with van der Waals surface area (Å²) in [5, 5.41) is 2.93. The van der Waals surface area contributed by atoms with E-state index in [-0.39, 0.29) is 10.8 Å². The molecule has 1 amide bonds. The normalized spacial score (nSPS) is 17.4. The van der Waals surface area contributed by atoms with Crippen LogP contribution >= 0.6 is 0 Å². The molecule has 2 fully saturated rings. The van der Waals surface area contributed by atoms with Crippen molar-refractivity contribution in [3.8, 4) is 0 Å². The summed E-state index contributed by atoms with van der Waals surface area (Å²) in [5.41, 5.74) is 3.41. The molecule has 1 N–H and O–H groups in total. The van der Waals surface area contributed by atoms with Crippen LogP contribution < -0.4 is 10.2 Å². The molecule has 2 heterocycles. The van der Waals surface area contributed by atoms with E-state index < -0.39 is 10.0 Å². The minimum absolute atomic E-state index is 0.190. The molecule has 2 aliphatic rings. The Hall–Kier alpha value is -2.38. The van der Waals surface area contributed by atoms with Crippen LogP contribution in [-0.2, 0) is 16.6 Å². The van der Waals surface area contributed by atoms with Crippen LogP contribution in [0.4, 0.5) is 5.69 Å². The van der Waals surface area contributed by atoms with Gasteiger partial charge in [0, 0.05) is 44.0 Å². The van der Waals surface area contributed by atoms with Crippen molar-refractivity contribution in [1.29, 1.82) is 0 Å². The van der Waals surface area contributed by atoms with Crippen molar-refractivity contribution in [2.75, 3.05) is 31.1 Å². The van der Waals surface area contributed by atoms with E-state index in [2.05, 4.69) is 22.3 Å². The van der Waals surface area contributed by atoms with Crippen molar-refractivity contribution in [1.82, 2.24) is 9.62 Å². The van der Waals surface area contributed by atoms with Gasteiger partial charge in [0.2, 0.25) is 10.0 Å². The average Bonchev–Trinajstić information content (AvgIpc) is 3.47. The lowest BCUT2D eigenvalue weighted by Gasteiger charge is -2.18. The lowest BCUT2D eigenvalue weighted by Crippen LogP contribution is -2.29. The third kappa shape index (κ3) is 4.37. The maximum absolute atomic E-state index is 12.8. The number of amides is 1. The zero-order valence-electron chi connectivity index (χ0n) is 17.4. The van der Waals surface area contributed by atoms with Crippen LogP contribution in [0.1, 0.15) is 47.2 Å². The first-order chi connectivity index (χ1) is 14.4. The fourth-order valence-corrected chi connectivity index (χ4v) is 5.71. The number of nitrogens with zero attached hydrogens (tertiary/aromatic N) is 2. The van der Waals surface area contributed by atoms with Gasteiger partial charge in [-0.3, -0.25) is 4.79 Å². The Morgan fingerprint density at radius 3 is 2.23 bits per heavy atom. The van der Waals surface area contributed by atoms with Gasteiger partial charge in [0.1, 0.15) is 0 Å². The van der Waals surface area contributed by atoms with E-state index in [0.717, 1.165) is 37.1 Å². The van der Waals surface area contributed by atoms with E-state index in [0.29, 0.717) is 25.2 Å². The Morgan fingerprint density at radius 2 is 1.57 bits per heavy atom. The third-order valence-electron chi connectivity index (χ3n) is 6.02. The molecule has 7 heteroatoms. The number of benzene rings is 2. The van der Waals surface area contributed by atoms with Crippen molar-refractivity contribution in [2.45, 2.75) is 44.0 Å². The van der Waals surface area contributed by atoms with Gasteiger partial charge in [-0.2, -0.15) is 4.31 Å². The Morgan fingerprint density at radius 1 is 0.933 bits per heavy atom. The van der Waals surface area contributed by atoms with Gasteiger partial charge in [-0.05, 0) is 68.0 Å². The predicted octanol–water partition coefficient (Wildman–Crippen LogP) is 3.31. The smallest absolute Gasteiger partial charge is 0.251 e. The number of carbonyl (C=O) groups is 1. The maximum atomic E-state index is 12.8. The van der Waals surface area contributed by atoms with Gasteiger partial charge in [0.15, 0.2) is 0 Å².